The fraction of sp³-hybridized carbons (Fsp3) is 0.579. The number of aryl methyl sites for hydroxylation is 2. The van der Waals surface area contributed by atoms with Crippen LogP contribution in [0, 0.1) is 12.3 Å². The molecule has 2 fully saturated rings. The zero-order valence-electron chi connectivity index (χ0n) is 14.3. The molecule has 2 N–H and O–H groups in total. The maximum absolute atomic E-state index is 12.6. The molecule has 0 radical (unpaired) electrons. The molecule has 2 aliphatic rings. The van der Waals surface area contributed by atoms with Gasteiger partial charge in [-0.15, -0.1) is 0 Å². The lowest BCUT2D eigenvalue weighted by Gasteiger charge is -2.46. The second kappa shape index (κ2) is 6.93. The second-order valence-corrected chi connectivity index (χ2v) is 7.12. The molecule has 2 atom stereocenters. The lowest BCUT2D eigenvalue weighted by molar-refractivity contribution is -0.154. The van der Waals surface area contributed by atoms with Crippen LogP contribution < -0.4 is 5.32 Å². The minimum absolute atomic E-state index is 0.0697. The monoisotopic (exact) mass is 330 g/mol. The molecule has 5 heteroatoms. The van der Waals surface area contributed by atoms with Crippen molar-refractivity contribution in [3.05, 3.63) is 35.4 Å². The Bertz CT molecular complexity index is 614. The number of aliphatic hydroxyl groups is 1. The van der Waals surface area contributed by atoms with Crippen LogP contribution in [0.25, 0.3) is 0 Å². The van der Waals surface area contributed by atoms with E-state index in [-0.39, 0.29) is 11.8 Å². The van der Waals surface area contributed by atoms with Gasteiger partial charge >= 0.3 is 0 Å². The Balaban J connectivity index is 1.62. The van der Waals surface area contributed by atoms with Crippen molar-refractivity contribution in [1.82, 2.24) is 10.2 Å². The summed E-state index contributed by atoms with van der Waals surface area (Å²) in [5.74, 6) is -0.0301. The summed E-state index contributed by atoms with van der Waals surface area (Å²) in [4.78, 5) is 26.7. The molecular formula is C19H26N2O3. The Hall–Kier alpha value is -1.88. The second-order valence-electron chi connectivity index (χ2n) is 7.12. The van der Waals surface area contributed by atoms with E-state index in [9.17, 15) is 14.7 Å². The number of likely N-dealkylation sites (tertiary alicyclic amines) is 1. The summed E-state index contributed by atoms with van der Waals surface area (Å²) >= 11 is 0. The van der Waals surface area contributed by atoms with Gasteiger partial charge in [-0.3, -0.25) is 9.59 Å². The number of piperidine rings is 2. The molecule has 5 nitrogen and oxygen atoms in total. The van der Waals surface area contributed by atoms with E-state index < -0.39 is 11.5 Å². The number of rotatable bonds is 3. The molecule has 0 aromatic heterocycles. The van der Waals surface area contributed by atoms with Gasteiger partial charge in [0.05, 0.1) is 11.5 Å². The number of aliphatic hydroxyl groups excluding tert-OH is 1. The molecule has 1 aromatic rings. The average Bonchev–Trinajstić information content (AvgIpc) is 2.59. The predicted molar refractivity (Wildman–Crippen MR) is 91.4 cm³/mol. The minimum atomic E-state index is -0.810. The lowest BCUT2D eigenvalue weighted by atomic mass is 9.71. The molecule has 2 heterocycles. The molecule has 0 aliphatic carbocycles. The van der Waals surface area contributed by atoms with Crippen LogP contribution in [-0.4, -0.2) is 47.6 Å². The SMILES string of the molecule is Cc1ccc(CCC(=O)N2CC[C@H](O)[C@@]3(CCCNC3=O)C2)cc1. The quantitative estimate of drug-likeness (QED) is 0.880. The zero-order valence-corrected chi connectivity index (χ0v) is 14.3. The van der Waals surface area contributed by atoms with Crippen LogP contribution in [0.1, 0.15) is 36.8 Å². The van der Waals surface area contributed by atoms with Crippen LogP contribution in [0.5, 0.6) is 0 Å². The highest BCUT2D eigenvalue weighted by Crippen LogP contribution is 2.37. The Morgan fingerprint density at radius 1 is 1.38 bits per heavy atom. The molecule has 2 saturated heterocycles. The minimum Gasteiger partial charge on any atom is -0.392 e. The average molecular weight is 330 g/mol. The van der Waals surface area contributed by atoms with Gasteiger partial charge in [0, 0.05) is 26.1 Å². The highest BCUT2D eigenvalue weighted by atomic mass is 16.3. The van der Waals surface area contributed by atoms with E-state index in [0.29, 0.717) is 45.3 Å². The summed E-state index contributed by atoms with van der Waals surface area (Å²) in [6, 6.07) is 8.22. The Labute approximate surface area is 143 Å². The molecule has 2 amide bonds. The molecule has 130 valence electrons. The third kappa shape index (κ3) is 3.31. The van der Waals surface area contributed by atoms with Gasteiger partial charge in [-0.1, -0.05) is 29.8 Å². The van der Waals surface area contributed by atoms with Gasteiger partial charge in [0.25, 0.3) is 0 Å². The van der Waals surface area contributed by atoms with Crippen molar-refractivity contribution < 1.29 is 14.7 Å². The molecule has 2 aliphatic heterocycles. The summed E-state index contributed by atoms with van der Waals surface area (Å²) in [6.45, 7) is 3.58. The van der Waals surface area contributed by atoms with Crippen molar-refractivity contribution in [2.45, 2.75) is 45.1 Å². The van der Waals surface area contributed by atoms with Crippen molar-refractivity contribution in [2.24, 2.45) is 5.41 Å². The maximum atomic E-state index is 12.6. The number of hydrogen-bond acceptors (Lipinski definition) is 3. The zero-order chi connectivity index (χ0) is 17.2. The van der Waals surface area contributed by atoms with Crippen LogP contribution in [0.4, 0.5) is 0 Å². The van der Waals surface area contributed by atoms with E-state index in [1.807, 2.05) is 6.92 Å². The number of carbonyl (C=O) groups excluding carboxylic acids is 2. The molecule has 0 bridgehead atoms. The summed E-state index contributed by atoms with van der Waals surface area (Å²) in [7, 11) is 0. The van der Waals surface area contributed by atoms with Crippen molar-refractivity contribution in [2.75, 3.05) is 19.6 Å². The summed E-state index contributed by atoms with van der Waals surface area (Å²) in [5, 5.41) is 13.2. The highest BCUT2D eigenvalue weighted by Gasteiger charge is 2.50. The van der Waals surface area contributed by atoms with Gasteiger partial charge in [-0.2, -0.15) is 0 Å². The molecular weight excluding hydrogens is 304 g/mol. The predicted octanol–water partition coefficient (Wildman–Crippen LogP) is 1.42. The number of hydrogen-bond donors (Lipinski definition) is 2. The first-order chi connectivity index (χ1) is 11.5. The van der Waals surface area contributed by atoms with Crippen molar-refractivity contribution in [3.63, 3.8) is 0 Å². The smallest absolute Gasteiger partial charge is 0.230 e. The van der Waals surface area contributed by atoms with E-state index in [4.69, 9.17) is 0 Å². The molecule has 0 unspecified atom stereocenters. The third-order valence-electron chi connectivity index (χ3n) is 5.42. The van der Waals surface area contributed by atoms with Gasteiger partial charge in [0.15, 0.2) is 0 Å². The van der Waals surface area contributed by atoms with Crippen LogP contribution >= 0.6 is 0 Å². The van der Waals surface area contributed by atoms with Gasteiger partial charge in [-0.05, 0) is 38.2 Å². The Morgan fingerprint density at radius 3 is 2.83 bits per heavy atom. The Morgan fingerprint density at radius 2 is 2.12 bits per heavy atom. The number of nitrogens with zero attached hydrogens (tertiary/aromatic N) is 1. The van der Waals surface area contributed by atoms with Crippen LogP contribution in [0.3, 0.4) is 0 Å². The van der Waals surface area contributed by atoms with Crippen molar-refractivity contribution in [1.29, 1.82) is 0 Å². The van der Waals surface area contributed by atoms with Crippen LogP contribution in [0.15, 0.2) is 24.3 Å². The normalized spacial score (nSPS) is 27.2. The largest absolute Gasteiger partial charge is 0.392 e. The fourth-order valence-corrected chi connectivity index (χ4v) is 3.82. The summed E-state index contributed by atoms with van der Waals surface area (Å²) in [6.07, 6.45) is 2.48. The molecule has 3 rings (SSSR count). The van der Waals surface area contributed by atoms with E-state index in [1.54, 1.807) is 4.90 Å². The van der Waals surface area contributed by atoms with E-state index in [0.717, 1.165) is 12.0 Å². The van der Waals surface area contributed by atoms with Crippen molar-refractivity contribution >= 4 is 11.8 Å². The van der Waals surface area contributed by atoms with Crippen molar-refractivity contribution in [3.8, 4) is 0 Å². The maximum Gasteiger partial charge on any atom is 0.230 e. The molecule has 0 saturated carbocycles. The van der Waals surface area contributed by atoms with Crippen LogP contribution in [-0.2, 0) is 16.0 Å². The molecule has 1 spiro atoms. The molecule has 24 heavy (non-hydrogen) atoms. The Kier molecular flexibility index (Phi) is 4.90. The number of carbonyl (C=O) groups is 2. The van der Waals surface area contributed by atoms with Gasteiger partial charge in [0.2, 0.25) is 11.8 Å². The first-order valence-corrected chi connectivity index (χ1v) is 8.81. The van der Waals surface area contributed by atoms with E-state index >= 15 is 0 Å². The van der Waals surface area contributed by atoms with Gasteiger partial charge in [-0.25, -0.2) is 0 Å². The number of nitrogens with one attached hydrogen (secondary N) is 1. The number of amides is 2. The topological polar surface area (TPSA) is 69.6 Å². The number of benzene rings is 1. The first-order valence-electron chi connectivity index (χ1n) is 8.81. The summed E-state index contributed by atoms with van der Waals surface area (Å²) in [5.41, 5.74) is 1.55. The lowest BCUT2D eigenvalue weighted by Crippen LogP contribution is -2.62. The van der Waals surface area contributed by atoms with E-state index in [2.05, 4.69) is 29.6 Å². The highest BCUT2D eigenvalue weighted by molar-refractivity contribution is 5.86. The fourth-order valence-electron chi connectivity index (χ4n) is 3.82. The van der Waals surface area contributed by atoms with Gasteiger partial charge in [0.1, 0.15) is 0 Å². The summed E-state index contributed by atoms with van der Waals surface area (Å²) < 4.78 is 0. The first kappa shape index (κ1) is 17.0. The van der Waals surface area contributed by atoms with Crippen LogP contribution in [0.2, 0.25) is 0 Å². The van der Waals surface area contributed by atoms with E-state index in [1.165, 1.54) is 5.56 Å². The molecule has 1 aromatic carbocycles. The third-order valence-corrected chi connectivity index (χ3v) is 5.42. The van der Waals surface area contributed by atoms with Gasteiger partial charge < -0.3 is 15.3 Å². The standard InChI is InChI=1S/C19H26N2O3/c1-14-3-5-15(6-4-14)7-8-17(23)21-12-9-16(22)19(13-21)10-2-11-20-18(19)24/h3-6,16,22H,2,7-13H2,1H3,(H,20,24)/t16-,19+/m0/s1.